The number of ether oxygens (including phenoxy) is 1. The molecule has 0 radical (unpaired) electrons. The van der Waals surface area contributed by atoms with Gasteiger partial charge in [-0.1, -0.05) is 41.6 Å². The summed E-state index contributed by atoms with van der Waals surface area (Å²) in [5.41, 5.74) is 3.67. The lowest BCUT2D eigenvalue weighted by Crippen LogP contribution is -2.17. The van der Waals surface area contributed by atoms with Gasteiger partial charge in [-0.15, -0.1) is 0 Å². The zero-order chi connectivity index (χ0) is 15.5. The number of aryl methyl sites for hydroxylation is 1. The van der Waals surface area contributed by atoms with Gasteiger partial charge in [0, 0.05) is 21.9 Å². The van der Waals surface area contributed by atoms with Crippen LogP contribution in [0.4, 0.5) is 0 Å². The van der Waals surface area contributed by atoms with Crippen LogP contribution >= 0.6 is 11.8 Å². The van der Waals surface area contributed by atoms with E-state index in [9.17, 15) is 0 Å². The third kappa shape index (κ3) is 3.37. The zero-order valence-electron chi connectivity index (χ0n) is 13.3. The van der Waals surface area contributed by atoms with E-state index in [1.54, 1.807) is 0 Å². The molecule has 2 nitrogen and oxygen atoms in total. The van der Waals surface area contributed by atoms with E-state index < -0.39 is 0 Å². The predicted octanol–water partition coefficient (Wildman–Crippen LogP) is 4.54. The van der Waals surface area contributed by atoms with Gasteiger partial charge in [0.2, 0.25) is 0 Å². The van der Waals surface area contributed by atoms with Crippen molar-refractivity contribution in [2.75, 3.05) is 27.2 Å². The predicted molar refractivity (Wildman–Crippen MR) is 94.1 cm³/mol. The Hall–Kier alpha value is -1.71. The minimum absolute atomic E-state index is 0.694. The largest absolute Gasteiger partial charge is 0.492 e. The lowest BCUT2D eigenvalue weighted by atomic mass is 10.1. The highest BCUT2D eigenvalue weighted by atomic mass is 32.2. The normalized spacial score (nSPS) is 13.2. The van der Waals surface area contributed by atoms with E-state index in [0.717, 1.165) is 12.3 Å². The molecule has 1 aliphatic heterocycles. The van der Waals surface area contributed by atoms with Gasteiger partial charge >= 0.3 is 0 Å². The first-order chi connectivity index (χ1) is 10.6. The van der Waals surface area contributed by atoms with Crippen LogP contribution in [0.2, 0.25) is 0 Å². The molecular formula is C19H21NOS. The van der Waals surface area contributed by atoms with Gasteiger partial charge in [0.05, 0.1) is 0 Å². The Morgan fingerprint density at radius 2 is 1.86 bits per heavy atom. The molecule has 1 heterocycles. The van der Waals surface area contributed by atoms with Gasteiger partial charge in [-0.05, 0) is 50.9 Å². The molecule has 3 rings (SSSR count). The number of fused-ring (bicyclic) bond motifs is 2. The fourth-order valence-corrected chi connectivity index (χ4v) is 3.45. The first-order valence-corrected chi connectivity index (χ1v) is 8.32. The van der Waals surface area contributed by atoms with Crippen molar-refractivity contribution in [2.45, 2.75) is 16.7 Å². The molecule has 2 aromatic carbocycles. The van der Waals surface area contributed by atoms with E-state index in [1.807, 2.05) is 11.8 Å². The summed E-state index contributed by atoms with van der Waals surface area (Å²) in [6.07, 6.45) is 2.17. The summed E-state index contributed by atoms with van der Waals surface area (Å²) in [5, 5.41) is 0. The lowest BCUT2D eigenvalue weighted by molar-refractivity contribution is 0.233. The molecule has 114 valence electrons. The molecule has 0 saturated heterocycles. The van der Waals surface area contributed by atoms with Crippen molar-refractivity contribution < 1.29 is 4.74 Å². The van der Waals surface area contributed by atoms with Crippen LogP contribution in [0.25, 0.3) is 11.8 Å². The average molecular weight is 311 g/mol. The molecule has 22 heavy (non-hydrogen) atoms. The van der Waals surface area contributed by atoms with Crippen molar-refractivity contribution >= 4 is 23.6 Å². The number of rotatable bonds is 4. The quantitative estimate of drug-likeness (QED) is 0.823. The Morgan fingerprint density at radius 3 is 2.68 bits per heavy atom. The number of nitrogens with zero attached hydrogens (tertiary/aromatic N) is 1. The number of hydrogen-bond donors (Lipinski definition) is 0. The van der Waals surface area contributed by atoms with Gasteiger partial charge in [0.25, 0.3) is 0 Å². The van der Waals surface area contributed by atoms with Crippen LogP contribution in [0.3, 0.4) is 0 Å². The van der Waals surface area contributed by atoms with Crippen LogP contribution in [0.1, 0.15) is 16.7 Å². The smallest absolute Gasteiger partial charge is 0.128 e. The first kappa shape index (κ1) is 15.2. The summed E-state index contributed by atoms with van der Waals surface area (Å²) in [5.74, 6) is 0.970. The van der Waals surface area contributed by atoms with Crippen LogP contribution < -0.4 is 0 Å². The lowest BCUT2D eigenvalue weighted by Gasteiger charge is -2.15. The Kier molecular flexibility index (Phi) is 4.55. The third-order valence-electron chi connectivity index (χ3n) is 3.62. The molecule has 1 aliphatic rings. The summed E-state index contributed by atoms with van der Waals surface area (Å²) in [4.78, 5) is 4.67. The number of likely N-dealkylation sites (N-methyl/N-ethyl adjacent to an activating group) is 1. The summed E-state index contributed by atoms with van der Waals surface area (Å²) in [6.45, 7) is 3.73. The van der Waals surface area contributed by atoms with Gasteiger partial charge in [-0.25, -0.2) is 0 Å². The number of benzene rings is 2. The summed E-state index contributed by atoms with van der Waals surface area (Å²) >= 11 is 1.81. The van der Waals surface area contributed by atoms with Gasteiger partial charge in [0.1, 0.15) is 12.4 Å². The summed E-state index contributed by atoms with van der Waals surface area (Å²) in [6, 6.07) is 15.1. The van der Waals surface area contributed by atoms with Crippen LogP contribution in [-0.4, -0.2) is 32.1 Å². The van der Waals surface area contributed by atoms with E-state index in [-0.39, 0.29) is 0 Å². The van der Waals surface area contributed by atoms with E-state index in [2.05, 4.69) is 74.5 Å². The van der Waals surface area contributed by atoms with E-state index in [0.29, 0.717) is 6.61 Å². The maximum atomic E-state index is 6.12. The second kappa shape index (κ2) is 6.59. The van der Waals surface area contributed by atoms with Crippen molar-refractivity contribution in [2.24, 2.45) is 0 Å². The molecule has 0 saturated carbocycles. The third-order valence-corrected chi connectivity index (χ3v) is 4.79. The number of hydrogen-bond acceptors (Lipinski definition) is 3. The Morgan fingerprint density at radius 1 is 1.05 bits per heavy atom. The maximum Gasteiger partial charge on any atom is 0.128 e. The standard InChI is InChI=1S/C19H21NOS/c1-14-8-9-19-16(12-14)17(21-11-10-20(2)3)13-15-6-4-5-7-18(15)22-19/h4-9,12-13H,10-11H2,1-3H3. The molecule has 0 aromatic heterocycles. The minimum Gasteiger partial charge on any atom is -0.492 e. The topological polar surface area (TPSA) is 12.5 Å². The molecule has 0 bridgehead atoms. The van der Waals surface area contributed by atoms with E-state index >= 15 is 0 Å². The van der Waals surface area contributed by atoms with E-state index in [4.69, 9.17) is 4.74 Å². The SMILES string of the molecule is Cc1ccc2c(c1)C(OCCN(C)C)=Cc1ccccc1S2. The highest BCUT2D eigenvalue weighted by Gasteiger charge is 2.17. The maximum absolute atomic E-state index is 6.12. The van der Waals surface area contributed by atoms with Crippen molar-refractivity contribution in [3.63, 3.8) is 0 Å². The van der Waals surface area contributed by atoms with Gasteiger partial charge in [-0.3, -0.25) is 0 Å². The average Bonchev–Trinajstić information content (AvgIpc) is 2.64. The van der Waals surface area contributed by atoms with Crippen molar-refractivity contribution in [1.29, 1.82) is 0 Å². The second-order valence-corrected chi connectivity index (χ2v) is 6.88. The van der Waals surface area contributed by atoms with Crippen molar-refractivity contribution in [1.82, 2.24) is 4.90 Å². The molecule has 3 heteroatoms. The Balaban J connectivity index is 2.00. The van der Waals surface area contributed by atoms with Crippen LogP contribution in [0.15, 0.2) is 52.3 Å². The second-order valence-electron chi connectivity index (χ2n) is 5.80. The van der Waals surface area contributed by atoms with Gasteiger partial charge < -0.3 is 9.64 Å². The summed E-state index contributed by atoms with van der Waals surface area (Å²) < 4.78 is 6.12. The zero-order valence-corrected chi connectivity index (χ0v) is 14.1. The van der Waals surface area contributed by atoms with Crippen LogP contribution in [0, 0.1) is 6.92 Å². The minimum atomic E-state index is 0.694. The van der Waals surface area contributed by atoms with Gasteiger partial charge in [0.15, 0.2) is 0 Å². The highest BCUT2D eigenvalue weighted by Crippen LogP contribution is 2.40. The molecule has 2 aromatic rings. The molecule has 0 spiro atoms. The molecule has 0 N–H and O–H groups in total. The Bertz CT molecular complexity index is 706. The molecule has 0 fully saturated rings. The fraction of sp³-hybridized carbons (Fsp3) is 0.263. The molecule has 0 atom stereocenters. The molecular weight excluding hydrogens is 290 g/mol. The molecule has 0 unspecified atom stereocenters. The molecule has 0 amide bonds. The fourth-order valence-electron chi connectivity index (χ4n) is 2.41. The summed E-state index contributed by atoms with van der Waals surface area (Å²) in [7, 11) is 4.13. The van der Waals surface area contributed by atoms with E-state index in [1.165, 1.54) is 26.5 Å². The molecule has 0 aliphatic carbocycles. The Labute approximate surface area is 136 Å². The first-order valence-electron chi connectivity index (χ1n) is 7.50. The highest BCUT2D eigenvalue weighted by molar-refractivity contribution is 7.99. The van der Waals surface area contributed by atoms with Crippen molar-refractivity contribution in [3.8, 4) is 0 Å². The van der Waals surface area contributed by atoms with Gasteiger partial charge in [-0.2, -0.15) is 0 Å². The van der Waals surface area contributed by atoms with Crippen LogP contribution in [-0.2, 0) is 4.74 Å². The monoisotopic (exact) mass is 311 g/mol. The van der Waals surface area contributed by atoms with Crippen LogP contribution in [0.5, 0.6) is 0 Å². The van der Waals surface area contributed by atoms with Crippen molar-refractivity contribution in [3.05, 3.63) is 59.2 Å².